The highest BCUT2D eigenvalue weighted by molar-refractivity contribution is 5.71. The van der Waals surface area contributed by atoms with Crippen molar-refractivity contribution < 1.29 is 13.2 Å². The molecule has 0 radical (unpaired) electrons. The highest BCUT2D eigenvalue weighted by Gasteiger charge is 2.27. The van der Waals surface area contributed by atoms with Crippen molar-refractivity contribution in [1.82, 2.24) is 19.6 Å². The summed E-state index contributed by atoms with van der Waals surface area (Å²) in [6.45, 7) is 7.61. The van der Waals surface area contributed by atoms with Crippen LogP contribution in [-0.2, 0) is 0 Å². The fourth-order valence-corrected chi connectivity index (χ4v) is 2.81. The summed E-state index contributed by atoms with van der Waals surface area (Å²) in [7, 11) is 0. The average Bonchev–Trinajstić information content (AvgIpc) is 2.93. The van der Waals surface area contributed by atoms with Gasteiger partial charge in [-0.15, -0.1) is 0 Å². The van der Waals surface area contributed by atoms with Crippen LogP contribution in [0.3, 0.4) is 0 Å². The molecule has 24 heavy (non-hydrogen) atoms. The minimum atomic E-state index is -0.964. The van der Waals surface area contributed by atoms with Crippen molar-refractivity contribution in [1.29, 1.82) is 0 Å². The van der Waals surface area contributed by atoms with Crippen LogP contribution in [0.5, 0.6) is 0 Å². The third-order valence-corrected chi connectivity index (χ3v) is 4.33. The molecule has 0 fully saturated rings. The summed E-state index contributed by atoms with van der Waals surface area (Å²) in [6.07, 6.45) is 1.35. The molecule has 1 unspecified atom stereocenters. The topological polar surface area (TPSA) is 43.1 Å². The van der Waals surface area contributed by atoms with Crippen LogP contribution >= 0.6 is 0 Å². The Morgan fingerprint density at radius 1 is 1.00 bits per heavy atom. The van der Waals surface area contributed by atoms with E-state index in [1.54, 1.807) is 6.92 Å². The van der Waals surface area contributed by atoms with Gasteiger partial charge < -0.3 is 0 Å². The Balaban J connectivity index is 2.44. The summed E-state index contributed by atoms with van der Waals surface area (Å²) < 4.78 is 43.6. The van der Waals surface area contributed by atoms with Crippen molar-refractivity contribution in [2.24, 2.45) is 5.92 Å². The van der Waals surface area contributed by atoms with Crippen molar-refractivity contribution in [3.8, 4) is 11.1 Å². The molecule has 0 aliphatic carbocycles. The van der Waals surface area contributed by atoms with Crippen molar-refractivity contribution in [2.45, 2.75) is 33.6 Å². The molecule has 0 saturated heterocycles. The number of halogens is 3. The summed E-state index contributed by atoms with van der Waals surface area (Å²) in [5.41, 5.74) is 1.03. The quantitative estimate of drug-likeness (QED) is 0.718. The number of hydrogen-bond donors (Lipinski definition) is 0. The highest BCUT2D eigenvalue weighted by Crippen LogP contribution is 2.37. The van der Waals surface area contributed by atoms with Gasteiger partial charge in [0.2, 0.25) is 0 Å². The SMILES string of the molecule is Cc1nc2ncnn2c(C(C)C(C)C)c1-c1c(F)cc(F)cc1F. The van der Waals surface area contributed by atoms with E-state index in [0.717, 1.165) is 0 Å². The van der Waals surface area contributed by atoms with Crippen LogP contribution < -0.4 is 0 Å². The number of benzene rings is 1. The molecule has 3 aromatic rings. The number of nitrogens with zero attached hydrogens (tertiary/aromatic N) is 4. The first-order valence-electron chi connectivity index (χ1n) is 7.66. The largest absolute Gasteiger partial charge is 0.252 e. The summed E-state index contributed by atoms with van der Waals surface area (Å²) in [5, 5.41) is 4.15. The van der Waals surface area contributed by atoms with Gasteiger partial charge in [0.05, 0.1) is 17.0 Å². The van der Waals surface area contributed by atoms with Gasteiger partial charge in [-0.25, -0.2) is 22.7 Å². The van der Waals surface area contributed by atoms with E-state index < -0.39 is 17.5 Å². The number of rotatable bonds is 3. The van der Waals surface area contributed by atoms with Crippen molar-refractivity contribution >= 4 is 5.78 Å². The van der Waals surface area contributed by atoms with Gasteiger partial charge in [0.25, 0.3) is 5.78 Å². The molecule has 1 atom stereocenters. The van der Waals surface area contributed by atoms with Gasteiger partial charge in [-0.05, 0) is 12.8 Å². The van der Waals surface area contributed by atoms with Crippen LogP contribution in [0.2, 0.25) is 0 Å². The van der Waals surface area contributed by atoms with Gasteiger partial charge >= 0.3 is 0 Å². The lowest BCUT2D eigenvalue weighted by molar-refractivity contribution is 0.509. The molecule has 1 aromatic carbocycles. The van der Waals surface area contributed by atoms with Gasteiger partial charge in [-0.3, -0.25) is 0 Å². The van der Waals surface area contributed by atoms with Crippen LogP contribution in [0.1, 0.15) is 38.1 Å². The van der Waals surface area contributed by atoms with Crippen molar-refractivity contribution in [3.05, 3.63) is 47.3 Å². The van der Waals surface area contributed by atoms with Gasteiger partial charge in [0, 0.05) is 23.6 Å². The Hall–Kier alpha value is -2.44. The lowest BCUT2D eigenvalue weighted by atomic mass is 9.88. The molecule has 2 heterocycles. The lowest BCUT2D eigenvalue weighted by Crippen LogP contribution is -2.14. The van der Waals surface area contributed by atoms with Crippen LogP contribution in [-0.4, -0.2) is 19.6 Å². The van der Waals surface area contributed by atoms with E-state index in [2.05, 4.69) is 15.1 Å². The molecule has 4 nitrogen and oxygen atoms in total. The highest BCUT2D eigenvalue weighted by atomic mass is 19.1. The molecule has 0 saturated carbocycles. The maximum absolute atomic E-state index is 14.4. The first-order valence-corrected chi connectivity index (χ1v) is 7.66. The third-order valence-electron chi connectivity index (χ3n) is 4.33. The zero-order valence-corrected chi connectivity index (χ0v) is 13.8. The predicted molar refractivity (Wildman–Crippen MR) is 84.1 cm³/mol. The summed E-state index contributed by atoms with van der Waals surface area (Å²) >= 11 is 0. The molecule has 3 rings (SSSR count). The van der Waals surface area contributed by atoms with Gasteiger partial charge in [-0.2, -0.15) is 10.1 Å². The van der Waals surface area contributed by atoms with Crippen LogP contribution in [0.25, 0.3) is 16.9 Å². The number of aryl methyl sites for hydroxylation is 1. The minimum Gasteiger partial charge on any atom is -0.216 e. The molecular weight excluding hydrogens is 317 g/mol. The normalized spacial score (nSPS) is 13.0. The molecular formula is C17H17F3N4. The van der Waals surface area contributed by atoms with Gasteiger partial charge in [0.15, 0.2) is 0 Å². The summed E-state index contributed by atoms with van der Waals surface area (Å²) in [5.74, 6) is -2.41. The Morgan fingerprint density at radius 3 is 2.21 bits per heavy atom. The van der Waals surface area contributed by atoms with Crippen molar-refractivity contribution in [2.75, 3.05) is 0 Å². The zero-order valence-electron chi connectivity index (χ0n) is 13.8. The van der Waals surface area contributed by atoms with Crippen LogP contribution in [0, 0.1) is 30.3 Å². The second kappa shape index (κ2) is 5.89. The Labute approximate surface area is 137 Å². The molecule has 7 heteroatoms. The standard InChI is InChI=1S/C17H17F3N4/c1-8(2)9(3)16-14(10(4)23-17-21-7-22-24(16)17)15-12(19)5-11(18)6-13(15)20/h5-9H,1-4H3. The zero-order chi connectivity index (χ0) is 17.6. The van der Waals surface area contributed by atoms with E-state index in [4.69, 9.17) is 0 Å². The van der Waals surface area contributed by atoms with E-state index >= 15 is 0 Å². The molecule has 0 spiro atoms. The van der Waals surface area contributed by atoms with Crippen molar-refractivity contribution in [3.63, 3.8) is 0 Å². The van der Waals surface area contributed by atoms with Crippen LogP contribution in [0.15, 0.2) is 18.5 Å². The molecule has 0 bridgehead atoms. The number of fused-ring (bicyclic) bond motifs is 1. The Bertz CT molecular complexity index is 895. The monoisotopic (exact) mass is 334 g/mol. The lowest BCUT2D eigenvalue weighted by Gasteiger charge is -2.22. The second-order valence-corrected chi connectivity index (χ2v) is 6.21. The fraction of sp³-hybridized carbons (Fsp3) is 0.353. The smallest absolute Gasteiger partial charge is 0.216 e. The van der Waals surface area contributed by atoms with Crippen LogP contribution in [0.4, 0.5) is 13.2 Å². The summed E-state index contributed by atoms with van der Waals surface area (Å²) in [4.78, 5) is 8.35. The van der Waals surface area contributed by atoms with E-state index in [9.17, 15) is 13.2 Å². The second-order valence-electron chi connectivity index (χ2n) is 6.21. The van der Waals surface area contributed by atoms with Gasteiger partial charge in [-0.1, -0.05) is 20.8 Å². The maximum atomic E-state index is 14.4. The first-order chi connectivity index (χ1) is 11.3. The van der Waals surface area contributed by atoms with E-state index in [1.807, 2.05) is 20.8 Å². The van der Waals surface area contributed by atoms with E-state index in [1.165, 1.54) is 10.8 Å². The first kappa shape index (κ1) is 16.4. The summed E-state index contributed by atoms with van der Waals surface area (Å²) in [6, 6.07) is 1.35. The molecule has 0 N–H and O–H groups in total. The molecule has 2 aromatic heterocycles. The molecule has 0 amide bonds. The average molecular weight is 334 g/mol. The predicted octanol–water partition coefficient (Wildman–Crippen LogP) is 4.28. The maximum Gasteiger partial charge on any atom is 0.252 e. The molecule has 0 aliphatic rings. The molecule has 0 aliphatic heterocycles. The number of hydrogen-bond acceptors (Lipinski definition) is 3. The third kappa shape index (κ3) is 2.53. The fourth-order valence-electron chi connectivity index (χ4n) is 2.81. The van der Waals surface area contributed by atoms with E-state index in [-0.39, 0.29) is 17.4 Å². The minimum absolute atomic E-state index is 0.0743. The van der Waals surface area contributed by atoms with E-state index in [0.29, 0.717) is 34.9 Å². The Kier molecular flexibility index (Phi) is 4.03. The van der Waals surface area contributed by atoms with Gasteiger partial charge in [0.1, 0.15) is 23.8 Å². The molecule has 126 valence electrons. The number of aromatic nitrogens is 4. The Morgan fingerprint density at radius 2 is 1.62 bits per heavy atom.